The number of phenols is 1. The average molecular weight is 353 g/mol. The first-order valence-corrected chi connectivity index (χ1v) is 7.34. The van der Waals surface area contributed by atoms with Crippen LogP contribution in [0.2, 0.25) is 10.0 Å². The van der Waals surface area contributed by atoms with Gasteiger partial charge in [-0.3, -0.25) is 4.79 Å². The summed E-state index contributed by atoms with van der Waals surface area (Å²) in [5.74, 6) is -0.366. The molecule has 0 saturated heterocycles. The van der Waals surface area contributed by atoms with E-state index in [9.17, 15) is 9.90 Å². The van der Waals surface area contributed by atoms with Gasteiger partial charge >= 0.3 is 0 Å². The van der Waals surface area contributed by atoms with Crippen molar-refractivity contribution in [1.82, 2.24) is 5.43 Å². The number of carbonyl (C=O) groups excluding carboxylic acids is 1. The van der Waals surface area contributed by atoms with Crippen molar-refractivity contribution in [2.45, 2.75) is 6.92 Å². The summed E-state index contributed by atoms with van der Waals surface area (Å²) >= 11 is 11.9. The van der Waals surface area contributed by atoms with Gasteiger partial charge in [0.1, 0.15) is 0 Å². The van der Waals surface area contributed by atoms with Crippen LogP contribution in [0.15, 0.2) is 35.4 Å². The third-order valence-corrected chi connectivity index (χ3v) is 3.56. The van der Waals surface area contributed by atoms with E-state index in [1.165, 1.54) is 25.5 Å². The van der Waals surface area contributed by atoms with Gasteiger partial charge in [-0.1, -0.05) is 29.3 Å². The van der Waals surface area contributed by atoms with E-state index in [-0.39, 0.29) is 11.5 Å². The van der Waals surface area contributed by atoms with E-state index in [0.29, 0.717) is 21.2 Å². The number of nitrogens with zero attached hydrogens (tertiary/aromatic N) is 1. The number of carbonyl (C=O) groups is 1. The van der Waals surface area contributed by atoms with Gasteiger partial charge in [-0.15, -0.1) is 0 Å². The smallest absolute Gasteiger partial charge is 0.272 e. The lowest BCUT2D eigenvalue weighted by Crippen LogP contribution is -2.18. The molecule has 0 aliphatic rings. The Balaban J connectivity index is 2.16. The topological polar surface area (TPSA) is 70.9 Å². The predicted octanol–water partition coefficient (Wildman–Crippen LogP) is 3.78. The molecule has 23 heavy (non-hydrogen) atoms. The largest absolute Gasteiger partial charge is 0.504 e. The Morgan fingerprint density at radius 2 is 2.04 bits per heavy atom. The summed E-state index contributed by atoms with van der Waals surface area (Å²) in [7, 11) is 1.41. The van der Waals surface area contributed by atoms with E-state index in [2.05, 4.69) is 10.5 Å². The average Bonchev–Trinajstić information content (AvgIpc) is 2.50. The molecule has 0 bridgehead atoms. The van der Waals surface area contributed by atoms with Crippen LogP contribution in [0.4, 0.5) is 0 Å². The molecule has 2 N–H and O–H groups in total. The van der Waals surface area contributed by atoms with Crippen LogP contribution in [0.5, 0.6) is 11.5 Å². The minimum atomic E-state index is -0.459. The summed E-state index contributed by atoms with van der Waals surface area (Å²) < 4.78 is 4.99. The molecule has 0 aliphatic heterocycles. The van der Waals surface area contributed by atoms with E-state index in [1.807, 2.05) is 6.92 Å². The van der Waals surface area contributed by atoms with Crippen LogP contribution in [-0.2, 0) is 0 Å². The number of benzene rings is 2. The summed E-state index contributed by atoms with van der Waals surface area (Å²) in [6, 6.07) is 8.04. The molecule has 5 nitrogen and oxygen atoms in total. The molecule has 0 heterocycles. The highest BCUT2D eigenvalue weighted by molar-refractivity contribution is 6.34. The fourth-order valence-corrected chi connectivity index (χ4v) is 2.41. The lowest BCUT2D eigenvalue weighted by molar-refractivity contribution is 0.0955. The molecule has 0 spiro atoms. The molecule has 0 saturated carbocycles. The van der Waals surface area contributed by atoms with Crippen LogP contribution in [-0.4, -0.2) is 24.3 Å². The Labute approximate surface area is 143 Å². The Morgan fingerprint density at radius 3 is 2.70 bits per heavy atom. The van der Waals surface area contributed by atoms with Crippen LogP contribution in [0.1, 0.15) is 21.5 Å². The minimum absolute atomic E-state index is 0.122. The highest BCUT2D eigenvalue weighted by Crippen LogP contribution is 2.32. The number of nitrogens with one attached hydrogen (secondary N) is 1. The van der Waals surface area contributed by atoms with Gasteiger partial charge in [-0.2, -0.15) is 5.10 Å². The molecule has 120 valence electrons. The SMILES string of the molecule is COc1cc(Cl)cc(/C=N\NC(=O)c2ccc(C)cc2Cl)c1O. The molecule has 1 amide bonds. The Kier molecular flexibility index (Phi) is 5.47. The molecule has 7 heteroatoms. The summed E-state index contributed by atoms with van der Waals surface area (Å²) in [4.78, 5) is 12.0. The Hall–Kier alpha value is -2.24. The van der Waals surface area contributed by atoms with Gasteiger partial charge in [-0.25, -0.2) is 5.43 Å². The first kappa shape index (κ1) is 17.1. The molecule has 2 rings (SSSR count). The molecule has 2 aromatic carbocycles. The minimum Gasteiger partial charge on any atom is -0.504 e. The molecular weight excluding hydrogens is 339 g/mol. The number of hydrogen-bond donors (Lipinski definition) is 2. The zero-order valence-corrected chi connectivity index (χ0v) is 13.9. The van der Waals surface area contributed by atoms with Crippen molar-refractivity contribution in [3.05, 3.63) is 57.1 Å². The quantitative estimate of drug-likeness (QED) is 0.649. The number of aryl methyl sites for hydroxylation is 1. The number of amides is 1. The maximum absolute atomic E-state index is 12.0. The van der Waals surface area contributed by atoms with Gasteiger partial charge in [0.2, 0.25) is 0 Å². The second kappa shape index (κ2) is 7.35. The molecular formula is C16H14Cl2N2O3. The standard InChI is InChI=1S/C16H14Cl2N2O3/c1-9-3-4-12(13(18)5-9)16(22)20-19-8-10-6-11(17)7-14(23-2)15(10)21/h3-8,21H,1-2H3,(H,20,22)/b19-8-. The summed E-state index contributed by atoms with van der Waals surface area (Å²) in [6.45, 7) is 1.88. The molecule has 0 aliphatic carbocycles. The second-order valence-corrected chi connectivity index (χ2v) is 5.57. The third kappa shape index (κ3) is 4.15. The van der Waals surface area contributed by atoms with Gasteiger partial charge in [0.25, 0.3) is 5.91 Å². The molecule has 2 aromatic rings. The van der Waals surface area contributed by atoms with Crippen molar-refractivity contribution in [3.63, 3.8) is 0 Å². The normalized spacial score (nSPS) is 10.8. The lowest BCUT2D eigenvalue weighted by atomic mass is 10.1. The van der Waals surface area contributed by atoms with E-state index < -0.39 is 5.91 Å². The van der Waals surface area contributed by atoms with Crippen molar-refractivity contribution >= 4 is 35.3 Å². The number of halogens is 2. The van der Waals surface area contributed by atoms with E-state index in [1.54, 1.807) is 18.2 Å². The summed E-state index contributed by atoms with van der Waals surface area (Å²) in [5.41, 5.74) is 3.91. The number of ether oxygens (including phenoxy) is 1. The van der Waals surface area contributed by atoms with Crippen molar-refractivity contribution in [3.8, 4) is 11.5 Å². The molecule has 0 aromatic heterocycles. The van der Waals surface area contributed by atoms with Crippen LogP contribution < -0.4 is 10.2 Å². The summed E-state index contributed by atoms with van der Waals surface area (Å²) in [5, 5.41) is 14.5. The van der Waals surface area contributed by atoms with Crippen molar-refractivity contribution in [2.75, 3.05) is 7.11 Å². The first-order valence-electron chi connectivity index (χ1n) is 6.58. The van der Waals surface area contributed by atoms with E-state index in [0.717, 1.165) is 5.56 Å². The Morgan fingerprint density at radius 1 is 1.30 bits per heavy atom. The molecule has 0 fully saturated rings. The zero-order chi connectivity index (χ0) is 17.0. The van der Waals surface area contributed by atoms with Gasteiger partial charge < -0.3 is 9.84 Å². The number of hydrazone groups is 1. The first-order chi connectivity index (χ1) is 10.9. The molecule has 0 radical (unpaired) electrons. The highest BCUT2D eigenvalue weighted by atomic mass is 35.5. The number of hydrogen-bond acceptors (Lipinski definition) is 4. The van der Waals surface area contributed by atoms with Gasteiger partial charge in [0.05, 0.1) is 23.9 Å². The fourth-order valence-electron chi connectivity index (χ4n) is 1.87. The zero-order valence-electron chi connectivity index (χ0n) is 12.4. The number of methoxy groups -OCH3 is 1. The van der Waals surface area contributed by atoms with Gasteiger partial charge in [-0.05, 0) is 30.7 Å². The predicted molar refractivity (Wildman–Crippen MR) is 90.9 cm³/mol. The van der Waals surface area contributed by atoms with Crippen molar-refractivity contribution in [2.24, 2.45) is 5.10 Å². The van der Waals surface area contributed by atoms with E-state index >= 15 is 0 Å². The molecule has 0 atom stereocenters. The number of phenolic OH excluding ortho intramolecular Hbond substituents is 1. The van der Waals surface area contributed by atoms with Crippen LogP contribution in [0.3, 0.4) is 0 Å². The van der Waals surface area contributed by atoms with Crippen molar-refractivity contribution in [1.29, 1.82) is 0 Å². The fraction of sp³-hybridized carbons (Fsp3) is 0.125. The van der Waals surface area contributed by atoms with Crippen LogP contribution in [0, 0.1) is 6.92 Å². The van der Waals surface area contributed by atoms with Crippen LogP contribution in [0.25, 0.3) is 0 Å². The second-order valence-electron chi connectivity index (χ2n) is 4.73. The summed E-state index contributed by atoms with van der Waals surface area (Å²) in [6.07, 6.45) is 1.27. The van der Waals surface area contributed by atoms with Crippen LogP contribution >= 0.6 is 23.2 Å². The maximum atomic E-state index is 12.0. The third-order valence-electron chi connectivity index (χ3n) is 3.03. The molecule has 0 unspecified atom stereocenters. The van der Waals surface area contributed by atoms with Gasteiger partial charge in [0, 0.05) is 16.7 Å². The monoisotopic (exact) mass is 352 g/mol. The highest BCUT2D eigenvalue weighted by Gasteiger charge is 2.10. The number of rotatable bonds is 4. The van der Waals surface area contributed by atoms with Crippen molar-refractivity contribution < 1.29 is 14.6 Å². The lowest BCUT2D eigenvalue weighted by Gasteiger charge is -2.07. The Bertz CT molecular complexity index is 776. The maximum Gasteiger partial charge on any atom is 0.272 e. The van der Waals surface area contributed by atoms with E-state index in [4.69, 9.17) is 27.9 Å². The van der Waals surface area contributed by atoms with Gasteiger partial charge in [0.15, 0.2) is 11.5 Å². The number of aromatic hydroxyl groups is 1.